The third-order valence-corrected chi connectivity index (χ3v) is 4.31. The molecule has 3 aromatic rings. The van der Waals surface area contributed by atoms with Gasteiger partial charge in [0.2, 0.25) is 0 Å². The van der Waals surface area contributed by atoms with Gasteiger partial charge >= 0.3 is 5.97 Å². The molecule has 1 N–H and O–H groups in total. The van der Waals surface area contributed by atoms with Crippen molar-refractivity contribution < 1.29 is 19.1 Å². The summed E-state index contributed by atoms with van der Waals surface area (Å²) in [6.07, 6.45) is 3.05. The van der Waals surface area contributed by atoms with Crippen LogP contribution >= 0.6 is 11.6 Å². The number of amides is 1. The van der Waals surface area contributed by atoms with Gasteiger partial charge in [-0.05, 0) is 60.7 Å². The van der Waals surface area contributed by atoms with E-state index in [1.54, 1.807) is 78.9 Å². The first-order chi connectivity index (χ1) is 15.1. The van der Waals surface area contributed by atoms with Crippen molar-refractivity contribution in [3.05, 3.63) is 107 Å². The normalized spacial score (nSPS) is 10.5. The van der Waals surface area contributed by atoms with Crippen LogP contribution in [0.1, 0.15) is 26.3 Å². The van der Waals surface area contributed by atoms with E-state index in [2.05, 4.69) is 17.1 Å². The summed E-state index contributed by atoms with van der Waals surface area (Å²) in [4.78, 5) is 24.6. The van der Waals surface area contributed by atoms with Gasteiger partial charge in [-0.15, -0.1) is 0 Å². The summed E-state index contributed by atoms with van der Waals surface area (Å²) < 4.78 is 10.8. The van der Waals surface area contributed by atoms with Crippen LogP contribution in [0.5, 0.6) is 11.5 Å². The molecule has 3 rings (SSSR count). The number of halogens is 1. The maximum Gasteiger partial charge on any atom is 0.343 e. The summed E-state index contributed by atoms with van der Waals surface area (Å²) in [5.74, 6) is 0.0306. The van der Waals surface area contributed by atoms with Gasteiger partial charge in [0.15, 0.2) is 0 Å². The van der Waals surface area contributed by atoms with Crippen molar-refractivity contribution in [3.63, 3.8) is 0 Å². The third-order valence-electron chi connectivity index (χ3n) is 4.06. The predicted octanol–water partition coefficient (Wildman–Crippen LogP) is 4.89. The van der Waals surface area contributed by atoms with E-state index in [0.717, 1.165) is 0 Å². The molecule has 0 fully saturated rings. The van der Waals surface area contributed by atoms with Crippen molar-refractivity contribution in [1.29, 1.82) is 0 Å². The van der Waals surface area contributed by atoms with Gasteiger partial charge in [0.05, 0.1) is 11.8 Å². The van der Waals surface area contributed by atoms with Crippen molar-refractivity contribution in [2.75, 3.05) is 6.61 Å². The van der Waals surface area contributed by atoms with E-state index < -0.39 is 5.97 Å². The molecule has 0 aromatic heterocycles. The zero-order valence-corrected chi connectivity index (χ0v) is 17.2. The van der Waals surface area contributed by atoms with Crippen LogP contribution in [0.25, 0.3) is 0 Å². The van der Waals surface area contributed by atoms with Gasteiger partial charge in [-0.2, -0.15) is 5.10 Å². The van der Waals surface area contributed by atoms with Crippen LogP contribution in [0.3, 0.4) is 0 Å². The Bertz CT molecular complexity index is 1090. The van der Waals surface area contributed by atoms with Gasteiger partial charge < -0.3 is 9.47 Å². The van der Waals surface area contributed by atoms with Crippen LogP contribution < -0.4 is 14.9 Å². The van der Waals surface area contributed by atoms with E-state index in [4.69, 9.17) is 21.1 Å². The van der Waals surface area contributed by atoms with E-state index in [-0.39, 0.29) is 5.91 Å². The fourth-order valence-electron chi connectivity index (χ4n) is 2.51. The Balaban J connectivity index is 1.63. The first-order valence-corrected chi connectivity index (χ1v) is 9.68. The van der Waals surface area contributed by atoms with E-state index >= 15 is 0 Å². The molecule has 0 radical (unpaired) electrons. The first kappa shape index (κ1) is 21.8. The summed E-state index contributed by atoms with van der Waals surface area (Å²) in [6, 6.07) is 19.9. The molecule has 0 saturated carbocycles. The van der Waals surface area contributed by atoms with Crippen molar-refractivity contribution in [1.82, 2.24) is 5.43 Å². The minimum Gasteiger partial charge on any atom is -0.490 e. The SMILES string of the molecule is C=CCOc1ccc(C(=O)N/N=C/c2ccccc2OC(=O)c2ccc(Cl)cc2)cc1. The lowest BCUT2D eigenvalue weighted by Crippen LogP contribution is -2.17. The van der Waals surface area contributed by atoms with Crippen LogP contribution in [0.2, 0.25) is 5.02 Å². The minimum absolute atomic E-state index is 0.309. The molecule has 0 aliphatic rings. The van der Waals surface area contributed by atoms with Crippen LogP contribution in [0.4, 0.5) is 0 Å². The highest BCUT2D eigenvalue weighted by Gasteiger charge is 2.11. The Morgan fingerprint density at radius 3 is 2.35 bits per heavy atom. The average molecular weight is 435 g/mol. The number of nitrogens with one attached hydrogen (secondary N) is 1. The molecule has 0 bridgehead atoms. The number of rotatable bonds is 8. The zero-order chi connectivity index (χ0) is 22.1. The van der Waals surface area contributed by atoms with Gasteiger partial charge in [-0.3, -0.25) is 4.79 Å². The molecule has 3 aromatic carbocycles. The van der Waals surface area contributed by atoms with Crippen molar-refractivity contribution in [3.8, 4) is 11.5 Å². The second-order valence-corrected chi connectivity index (χ2v) is 6.69. The second-order valence-electron chi connectivity index (χ2n) is 6.26. The summed E-state index contributed by atoms with van der Waals surface area (Å²) >= 11 is 5.84. The average Bonchev–Trinajstić information content (AvgIpc) is 2.79. The summed E-state index contributed by atoms with van der Waals surface area (Å²) in [5, 5.41) is 4.49. The molecule has 0 heterocycles. The molecule has 6 nitrogen and oxygen atoms in total. The van der Waals surface area contributed by atoms with Crippen LogP contribution in [-0.4, -0.2) is 24.7 Å². The third kappa shape index (κ3) is 6.29. The number of hydrogen-bond acceptors (Lipinski definition) is 5. The molecule has 0 unspecified atom stereocenters. The van der Waals surface area contributed by atoms with E-state index in [1.165, 1.54) is 6.21 Å². The number of ether oxygens (including phenoxy) is 2. The molecule has 7 heteroatoms. The molecular formula is C24H19ClN2O4. The Morgan fingerprint density at radius 1 is 0.968 bits per heavy atom. The topological polar surface area (TPSA) is 77.0 Å². The Hall–Kier alpha value is -3.90. The molecule has 156 valence electrons. The highest BCUT2D eigenvalue weighted by atomic mass is 35.5. The van der Waals surface area contributed by atoms with Crippen molar-refractivity contribution in [2.24, 2.45) is 5.10 Å². The number of hydrogen-bond donors (Lipinski definition) is 1. The minimum atomic E-state index is -0.527. The monoisotopic (exact) mass is 434 g/mol. The summed E-state index contributed by atoms with van der Waals surface area (Å²) in [7, 11) is 0. The van der Waals surface area contributed by atoms with Gasteiger partial charge in [0, 0.05) is 16.1 Å². The number of nitrogens with zero attached hydrogens (tertiary/aromatic N) is 1. The van der Waals surface area contributed by atoms with E-state index in [1.807, 2.05) is 0 Å². The lowest BCUT2D eigenvalue weighted by molar-refractivity contribution is 0.0734. The molecule has 0 aliphatic carbocycles. The van der Waals surface area contributed by atoms with Crippen LogP contribution in [-0.2, 0) is 0 Å². The van der Waals surface area contributed by atoms with Gasteiger partial charge in [-0.25, -0.2) is 10.2 Å². The molecule has 0 aliphatic heterocycles. The van der Waals surface area contributed by atoms with E-state index in [9.17, 15) is 9.59 Å². The molecule has 1 amide bonds. The van der Waals surface area contributed by atoms with Gasteiger partial charge in [0.1, 0.15) is 18.1 Å². The number of hydrazone groups is 1. The van der Waals surface area contributed by atoms with Crippen molar-refractivity contribution in [2.45, 2.75) is 0 Å². The zero-order valence-electron chi connectivity index (χ0n) is 16.5. The van der Waals surface area contributed by atoms with Gasteiger partial charge in [0.25, 0.3) is 5.91 Å². The van der Waals surface area contributed by atoms with Gasteiger partial charge in [-0.1, -0.05) is 36.4 Å². The largest absolute Gasteiger partial charge is 0.490 e. The maximum absolute atomic E-state index is 12.3. The standard InChI is InChI=1S/C24H19ClN2O4/c1-2-15-30-21-13-9-17(10-14-21)23(28)27-26-16-19-5-3-4-6-22(19)31-24(29)18-7-11-20(25)12-8-18/h2-14,16H,1,15H2,(H,27,28)/b26-16+. The Labute approximate surface area is 184 Å². The second kappa shape index (κ2) is 10.8. The Morgan fingerprint density at radius 2 is 1.65 bits per heavy atom. The van der Waals surface area contributed by atoms with Crippen molar-refractivity contribution >= 4 is 29.7 Å². The maximum atomic E-state index is 12.3. The summed E-state index contributed by atoms with van der Waals surface area (Å²) in [5.41, 5.74) is 3.76. The van der Waals surface area contributed by atoms with Crippen LogP contribution in [0.15, 0.2) is 90.6 Å². The smallest absolute Gasteiger partial charge is 0.343 e. The number of carbonyl (C=O) groups is 2. The number of benzene rings is 3. The Kier molecular flexibility index (Phi) is 7.56. The highest BCUT2D eigenvalue weighted by Crippen LogP contribution is 2.19. The molecule has 0 atom stereocenters. The molecule has 0 spiro atoms. The highest BCUT2D eigenvalue weighted by molar-refractivity contribution is 6.30. The first-order valence-electron chi connectivity index (χ1n) is 9.31. The fraction of sp³-hybridized carbons (Fsp3) is 0.0417. The van der Waals surface area contributed by atoms with Crippen LogP contribution in [0, 0.1) is 0 Å². The fourth-order valence-corrected chi connectivity index (χ4v) is 2.63. The molecular weight excluding hydrogens is 416 g/mol. The number of para-hydroxylation sites is 1. The quantitative estimate of drug-likeness (QED) is 0.180. The molecule has 31 heavy (non-hydrogen) atoms. The summed E-state index contributed by atoms with van der Waals surface area (Å²) in [6.45, 7) is 3.97. The molecule has 0 saturated heterocycles. The lowest BCUT2D eigenvalue weighted by Gasteiger charge is -2.07. The number of esters is 1. The number of carbonyl (C=O) groups excluding carboxylic acids is 2. The lowest BCUT2D eigenvalue weighted by atomic mass is 10.2. The van der Waals surface area contributed by atoms with E-state index in [0.29, 0.717) is 39.8 Å². The predicted molar refractivity (Wildman–Crippen MR) is 120 cm³/mol.